The maximum atomic E-state index is 11.7. The number of carbonyl (C=O) groups excluding carboxylic acids is 1. The van der Waals surface area contributed by atoms with Gasteiger partial charge in [-0.1, -0.05) is 44.2 Å². The van der Waals surface area contributed by atoms with Crippen LogP contribution < -0.4 is 0 Å². The molecule has 1 aromatic rings. The van der Waals surface area contributed by atoms with Crippen molar-refractivity contribution in [2.24, 2.45) is 11.3 Å². The van der Waals surface area contributed by atoms with Gasteiger partial charge in [0.15, 0.2) is 0 Å². The van der Waals surface area contributed by atoms with Crippen molar-refractivity contribution in [3.8, 4) is 0 Å². The summed E-state index contributed by atoms with van der Waals surface area (Å²) in [6.45, 7) is 7.35. The minimum absolute atomic E-state index is 0.0999. The SMILES string of the molecule is CCN(Cc1ccccc1)CC1(C=O)CCC(C)CC1. The third kappa shape index (κ3) is 3.92. The summed E-state index contributed by atoms with van der Waals surface area (Å²) in [5, 5.41) is 0. The van der Waals surface area contributed by atoms with E-state index in [-0.39, 0.29) is 5.41 Å². The largest absolute Gasteiger partial charge is 0.303 e. The van der Waals surface area contributed by atoms with Crippen LogP contribution in [0.25, 0.3) is 0 Å². The fraction of sp³-hybridized carbons (Fsp3) is 0.611. The molecule has 2 nitrogen and oxygen atoms in total. The van der Waals surface area contributed by atoms with Crippen LogP contribution in [0.1, 0.15) is 45.1 Å². The topological polar surface area (TPSA) is 20.3 Å². The van der Waals surface area contributed by atoms with Gasteiger partial charge in [-0.3, -0.25) is 4.90 Å². The van der Waals surface area contributed by atoms with Crippen LogP contribution in [0.15, 0.2) is 30.3 Å². The van der Waals surface area contributed by atoms with E-state index in [2.05, 4.69) is 49.1 Å². The predicted molar refractivity (Wildman–Crippen MR) is 83.5 cm³/mol. The molecule has 1 aliphatic carbocycles. The van der Waals surface area contributed by atoms with E-state index >= 15 is 0 Å². The van der Waals surface area contributed by atoms with E-state index in [1.54, 1.807) is 0 Å². The van der Waals surface area contributed by atoms with E-state index in [1.165, 1.54) is 24.7 Å². The smallest absolute Gasteiger partial charge is 0.127 e. The highest BCUT2D eigenvalue weighted by atomic mass is 16.1. The fourth-order valence-corrected chi connectivity index (χ4v) is 3.22. The molecule has 1 fully saturated rings. The molecule has 0 radical (unpaired) electrons. The zero-order valence-corrected chi connectivity index (χ0v) is 12.8. The van der Waals surface area contributed by atoms with Crippen LogP contribution in [0.3, 0.4) is 0 Å². The second kappa shape index (κ2) is 7.03. The first-order valence-electron chi connectivity index (χ1n) is 7.90. The molecule has 1 saturated carbocycles. The minimum Gasteiger partial charge on any atom is -0.303 e. The molecule has 0 saturated heterocycles. The average molecular weight is 273 g/mol. The highest BCUT2D eigenvalue weighted by molar-refractivity contribution is 5.60. The van der Waals surface area contributed by atoms with Crippen molar-refractivity contribution in [1.29, 1.82) is 0 Å². The molecule has 0 bridgehead atoms. The van der Waals surface area contributed by atoms with Crippen molar-refractivity contribution in [2.45, 2.75) is 46.1 Å². The number of nitrogens with zero attached hydrogens (tertiary/aromatic N) is 1. The van der Waals surface area contributed by atoms with Crippen LogP contribution >= 0.6 is 0 Å². The molecule has 0 atom stereocenters. The van der Waals surface area contributed by atoms with E-state index in [1.807, 2.05) is 0 Å². The van der Waals surface area contributed by atoms with Crippen LogP contribution in [0.4, 0.5) is 0 Å². The lowest BCUT2D eigenvalue weighted by Crippen LogP contribution is -2.41. The molecule has 2 rings (SSSR count). The molecule has 1 aliphatic rings. The molecule has 0 amide bonds. The standard InChI is InChI=1S/C18H27NO/c1-3-19(13-17-7-5-4-6-8-17)14-18(15-20)11-9-16(2)10-12-18/h4-8,15-16H,3,9-14H2,1-2H3. The Morgan fingerprint density at radius 2 is 1.90 bits per heavy atom. The van der Waals surface area contributed by atoms with Gasteiger partial charge in [0.05, 0.1) is 0 Å². The Balaban J connectivity index is 1.99. The molecule has 0 spiro atoms. The van der Waals surface area contributed by atoms with Gasteiger partial charge in [-0.05, 0) is 43.7 Å². The van der Waals surface area contributed by atoms with Crippen molar-refractivity contribution in [3.05, 3.63) is 35.9 Å². The minimum atomic E-state index is -0.0999. The van der Waals surface area contributed by atoms with Crippen molar-refractivity contribution in [2.75, 3.05) is 13.1 Å². The summed E-state index contributed by atoms with van der Waals surface area (Å²) in [6.07, 6.45) is 5.75. The van der Waals surface area contributed by atoms with Crippen molar-refractivity contribution >= 4 is 6.29 Å². The first-order valence-corrected chi connectivity index (χ1v) is 7.90. The van der Waals surface area contributed by atoms with Crippen molar-refractivity contribution in [3.63, 3.8) is 0 Å². The molecular weight excluding hydrogens is 246 g/mol. The summed E-state index contributed by atoms with van der Waals surface area (Å²) in [5.41, 5.74) is 1.23. The Morgan fingerprint density at radius 1 is 1.25 bits per heavy atom. The monoisotopic (exact) mass is 273 g/mol. The van der Waals surface area contributed by atoms with Gasteiger partial charge in [-0.25, -0.2) is 0 Å². The Labute approximate surface area is 123 Å². The van der Waals surface area contributed by atoms with Crippen LogP contribution in [-0.2, 0) is 11.3 Å². The Morgan fingerprint density at radius 3 is 2.45 bits per heavy atom. The number of rotatable bonds is 6. The van der Waals surface area contributed by atoms with Gasteiger partial charge >= 0.3 is 0 Å². The number of hydrogen-bond donors (Lipinski definition) is 0. The normalized spacial score (nSPS) is 26.6. The molecule has 0 aromatic heterocycles. The summed E-state index contributed by atoms with van der Waals surface area (Å²) >= 11 is 0. The van der Waals surface area contributed by atoms with E-state index < -0.39 is 0 Å². The quantitative estimate of drug-likeness (QED) is 0.733. The zero-order chi connectivity index (χ0) is 14.4. The number of hydrogen-bond acceptors (Lipinski definition) is 2. The first-order chi connectivity index (χ1) is 9.67. The van der Waals surface area contributed by atoms with E-state index in [0.717, 1.165) is 38.4 Å². The van der Waals surface area contributed by atoms with Gasteiger partial charge in [0.25, 0.3) is 0 Å². The van der Waals surface area contributed by atoms with Crippen molar-refractivity contribution in [1.82, 2.24) is 4.90 Å². The van der Waals surface area contributed by atoms with E-state index in [9.17, 15) is 4.79 Å². The fourth-order valence-electron chi connectivity index (χ4n) is 3.22. The van der Waals surface area contributed by atoms with Crippen molar-refractivity contribution < 1.29 is 4.79 Å². The van der Waals surface area contributed by atoms with E-state index in [4.69, 9.17) is 0 Å². The second-order valence-electron chi connectivity index (χ2n) is 6.45. The van der Waals surface area contributed by atoms with Gasteiger partial charge < -0.3 is 4.79 Å². The molecule has 2 heteroatoms. The lowest BCUT2D eigenvalue weighted by atomic mass is 9.71. The molecule has 0 N–H and O–H groups in total. The van der Waals surface area contributed by atoms with Gasteiger partial charge in [0, 0.05) is 18.5 Å². The third-order valence-electron chi connectivity index (χ3n) is 4.75. The van der Waals surface area contributed by atoms with Gasteiger partial charge in [0.2, 0.25) is 0 Å². The van der Waals surface area contributed by atoms with Gasteiger partial charge in [-0.2, -0.15) is 0 Å². The maximum Gasteiger partial charge on any atom is 0.127 e. The van der Waals surface area contributed by atoms with Crippen LogP contribution in [0.5, 0.6) is 0 Å². The number of aldehydes is 1. The van der Waals surface area contributed by atoms with Gasteiger partial charge in [-0.15, -0.1) is 0 Å². The summed E-state index contributed by atoms with van der Waals surface area (Å²) in [6, 6.07) is 10.6. The van der Waals surface area contributed by atoms with Gasteiger partial charge in [0.1, 0.15) is 6.29 Å². The lowest BCUT2D eigenvalue weighted by Gasteiger charge is -2.38. The Bertz CT molecular complexity index is 407. The summed E-state index contributed by atoms with van der Waals surface area (Å²) in [4.78, 5) is 14.1. The summed E-state index contributed by atoms with van der Waals surface area (Å²) in [7, 11) is 0. The Hall–Kier alpha value is -1.15. The van der Waals surface area contributed by atoms with E-state index in [0.29, 0.717) is 0 Å². The molecule has 0 aliphatic heterocycles. The van der Waals surface area contributed by atoms with Crippen LogP contribution in [-0.4, -0.2) is 24.3 Å². The molecule has 110 valence electrons. The molecular formula is C18H27NO. The maximum absolute atomic E-state index is 11.7. The Kier molecular flexibility index (Phi) is 5.36. The summed E-state index contributed by atoms with van der Waals surface area (Å²) < 4.78 is 0. The zero-order valence-electron chi connectivity index (χ0n) is 12.8. The third-order valence-corrected chi connectivity index (χ3v) is 4.75. The van der Waals surface area contributed by atoms with Crippen LogP contribution in [0.2, 0.25) is 0 Å². The lowest BCUT2D eigenvalue weighted by molar-refractivity contribution is -0.119. The highest BCUT2D eigenvalue weighted by Gasteiger charge is 2.35. The molecule has 1 aromatic carbocycles. The molecule has 0 heterocycles. The summed E-state index contributed by atoms with van der Waals surface area (Å²) in [5.74, 6) is 0.785. The molecule has 20 heavy (non-hydrogen) atoms. The average Bonchev–Trinajstić information content (AvgIpc) is 2.50. The predicted octanol–water partition coefficient (Wildman–Crippen LogP) is 3.90. The first kappa shape index (κ1) is 15.2. The van der Waals surface area contributed by atoms with Crippen LogP contribution in [0, 0.1) is 11.3 Å². The highest BCUT2D eigenvalue weighted by Crippen LogP contribution is 2.38. The number of benzene rings is 1. The second-order valence-corrected chi connectivity index (χ2v) is 6.45. The molecule has 0 unspecified atom stereocenters. The number of carbonyl (C=O) groups is 1.